The summed E-state index contributed by atoms with van der Waals surface area (Å²) >= 11 is 0. The van der Waals surface area contributed by atoms with Gasteiger partial charge < -0.3 is 0 Å². The van der Waals surface area contributed by atoms with Crippen LogP contribution in [0.2, 0.25) is 11.1 Å². The van der Waals surface area contributed by atoms with E-state index in [2.05, 4.69) is 0 Å². The molecule has 2 rings (SSSR count). The predicted octanol–water partition coefficient (Wildman–Crippen LogP) is 2.49. The molecule has 1 heteroatoms. The molecular weight excluding hydrogens is 136 g/mol. The molecule has 10 heavy (non-hydrogen) atoms. The lowest BCUT2D eigenvalue weighted by Crippen LogP contribution is -2.15. The molecule has 0 aliphatic heterocycles. The van der Waals surface area contributed by atoms with Gasteiger partial charge in [0.2, 0.25) is 0 Å². The van der Waals surface area contributed by atoms with E-state index in [0.29, 0.717) is 9.52 Å². The van der Waals surface area contributed by atoms with Gasteiger partial charge >= 0.3 is 0 Å². The van der Waals surface area contributed by atoms with Gasteiger partial charge in [0.25, 0.3) is 0 Å². The Morgan fingerprint density at radius 2 is 1.20 bits per heavy atom. The average Bonchev–Trinajstić information content (AvgIpc) is 2.29. The van der Waals surface area contributed by atoms with Crippen LogP contribution in [-0.4, -0.2) is 9.52 Å². The van der Waals surface area contributed by atoms with Crippen LogP contribution in [0.4, 0.5) is 0 Å². The highest BCUT2D eigenvalue weighted by Crippen LogP contribution is 2.39. The maximum Gasteiger partial charge on any atom is 0.0264 e. The van der Waals surface area contributed by atoms with Crippen LogP contribution in [-0.2, 0) is 0 Å². The molecule has 0 heterocycles. The summed E-state index contributed by atoms with van der Waals surface area (Å²) < 4.78 is 0. The molecule has 2 aliphatic rings. The molecule has 58 valence electrons. The lowest BCUT2D eigenvalue weighted by molar-refractivity contribution is 0.493. The van der Waals surface area contributed by atoms with Gasteiger partial charge in [-0.3, -0.25) is 0 Å². The van der Waals surface area contributed by atoms with Gasteiger partial charge in [-0.1, -0.05) is 56.0 Å². The van der Waals surface area contributed by atoms with Gasteiger partial charge in [-0.05, 0) is 0 Å². The minimum atomic E-state index is 0.399. The average molecular weight is 154 g/mol. The molecule has 0 aromatic heterocycles. The van der Waals surface area contributed by atoms with Crippen molar-refractivity contribution in [3.63, 3.8) is 0 Å². The van der Waals surface area contributed by atoms with Gasteiger partial charge in [-0.15, -0.1) is 0 Å². The lowest BCUT2D eigenvalue weighted by Gasteiger charge is -2.27. The van der Waals surface area contributed by atoms with Crippen molar-refractivity contribution in [2.24, 2.45) is 0 Å². The first-order valence-corrected chi connectivity index (χ1v) is 6.58. The largest absolute Gasteiger partial charge is 0.0534 e. The summed E-state index contributed by atoms with van der Waals surface area (Å²) in [5.74, 6) is 0. The van der Waals surface area contributed by atoms with Gasteiger partial charge in [-0.2, -0.15) is 0 Å². The zero-order valence-electron chi connectivity index (χ0n) is 6.81. The molecule has 0 unspecified atom stereocenters. The van der Waals surface area contributed by atoms with Crippen molar-refractivity contribution in [3.8, 4) is 0 Å². The smallest absolute Gasteiger partial charge is 0.0264 e. The van der Waals surface area contributed by atoms with Crippen molar-refractivity contribution in [3.05, 3.63) is 0 Å². The Labute approximate surface area is 66.2 Å². The van der Waals surface area contributed by atoms with Crippen molar-refractivity contribution in [1.82, 2.24) is 0 Å². The normalized spacial score (nSPS) is 30.0. The fourth-order valence-electron chi connectivity index (χ4n) is 2.45. The van der Waals surface area contributed by atoms with Crippen molar-refractivity contribution in [2.75, 3.05) is 0 Å². The highest BCUT2D eigenvalue weighted by molar-refractivity contribution is 6.40. The zero-order chi connectivity index (χ0) is 6.81. The molecule has 0 radical (unpaired) electrons. The van der Waals surface area contributed by atoms with Crippen LogP contribution in [0.1, 0.15) is 44.9 Å². The molecule has 0 nitrogen and oxygen atoms in total. The van der Waals surface area contributed by atoms with Gasteiger partial charge in [0, 0.05) is 9.52 Å². The third-order valence-electron chi connectivity index (χ3n) is 3.37. The van der Waals surface area contributed by atoms with Crippen LogP contribution in [0.3, 0.4) is 0 Å². The molecule has 0 N–H and O–H groups in total. The lowest BCUT2D eigenvalue weighted by atomic mass is 10.00. The molecule has 0 aromatic carbocycles. The van der Waals surface area contributed by atoms with E-state index in [4.69, 9.17) is 0 Å². The van der Waals surface area contributed by atoms with Gasteiger partial charge in [0.05, 0.1) is 0 Å². The topological polar surface area (TPSA) is 0 Å². The number of hydrogen-bond acceptors (Lipinski definition) is 0. The Balaban J connectivity index is 1.68. The molecular formula is C9H18Si. The fraction of sp³-hybridized carbons (Fsp3) is 1.00. The van der Waals surface area contributed by atoms with Gasteiger partial charge in [-0.25, -0.2) is 0 Å². The second-order valence-corrected chi connectivity index (χ2v) is 6.96. The summed E-state index contributed by atoms with van der Waals surface area (Å²) in [5.41, 5.74) is 2.58. The highest BCUT2D eigenvalue weighted by atomic mass is 28.2. The van der Waals surface area contributed by atoms with Crippen LogP contribution >= 0.6 is 0 Å². The van der Waals surface area contributed by atoms with Crippen molar-refractivity contribution in [2.45, 2.75) is 56.0 Å². The standard InChI is InChI=1S/C9H18Si/c1-2-5-8(4-1)10-9-6-3-7-9/h8-9H,1-7,10H2. The molecule has 0 atom stereocenters. The van der Waals surface area contributed by atoms with Crippen molar-refractivity contribution in [1.29, 1.82) is 0 Å². The van der Waals surface area contributed by atoms with E-state index in [-0.39, 0.29) is 0 Å². The molecule has 0 amide bonds. The first-order chi connectivity index (χ1) is 4.95. The van der Waals surface area contributed by atoms with Gasteiger partial charge in [0.15, 0.2) is 0 Å². The third-order valence-corrected chi connectivity index (χ3v) is 6.33. The summed E-state index contributed by atoms with van der Waals surface area (Å²) in [5, 5.41) is 0. The molecule has 0 saturated heterocycles. The first kappa shape index (κ1) is 6.90. The Hall–Kier alpha value is 0.217. The Morgan fingerprint density at radius 1 is 0.700 bits per heavy atom. The summed E-state index contributed by atoms with van der Waals surface area (Å²) in [7, 11) is 0.399. The minimum absolute atomic E-state index is 0.399. The fourth-order valence-corrected chi connectivity index (χ4v) is 5.49. The number of rotatable bonds is 2. The van der Waals surface area contributed by atoms with E-state index >= 15 is 0 Å². The van der Waals surface area contributed by atoms with E-state index in [1.54, 1.807) is 44.9 Å². The summed E-state index contributed by atoms with van der Waals surface area (Å²) in [6.07, 6.45) is 11.1. The van der Waals surface area contributed by atoms with E-state index in [9.17, 15) is 0 Å². The SMILES string of the molecule is C1CCC([SiH2]C2CCC2)C1. The monoisotopic (exact) mass is 154 g/mol. The zero-order valence-corrected chi connectivity index (χ0v) is 8.23. The second kappa shape index (κ2) is 3.08. The molecule has 2 saturated carbocycles. The Bertz CT molecular complexity index is 101. The van der Waals surface area contributed by atoms with E-state index < -0.39 is 0 Å². The van der Waals surface area contributed by atoms with Crippen molar-refractivity contribution < 1.29 is 0 Å². The molecule has 0 aromatic rings. The van der Waals surface area contributed by atoms with E-state index in [1.165, 1.54) is 11.1 Å². The minimum Gasteiger partial charge on any atom is -0.0534 e. The summed E-state index contributed by atoms with van der Waals surface area (Å²) in [4.78, 5) is 0. The summed E-state index contributed by atoms with van der Waals surface area (Å²) in [6.45, 7) is 0. The molecule has 0 spiro atoms. The summed E-state index contributed by atoms with van der Waals surface area (Å²) in [6, 6.07) is 0. The predicted molar refractivity (Wildman–Crippen MR) is 48.4 cm³/mol. The quantitative estimate of drug-likeness (QED) is 0.536. The second-order valence-electron chi connectivity index (χ2n) is 4.18. The van der Waals surface area contributed by atoms with Crippen LogP contribution < -0.4 is 0 Å². The van der Waals surface area contributed by atoms with Crippen LogP contribution in [0.15, 0.2) is 0 Å². The molecule has 2 aliphatic carbocycles. The highest BCUT2D eigenvalue weighted by Gasteiger charge is 2.24. The maximum atomic E-state index is 1.61. The molecule has 2 fully saturated rings. The third kappa shape index (κ3) is 1.44. The first-order valence-electron chi connectivity index (χ1n) is 4.95. The van der Waals surface area contributed by atoms with Crippen LogP contribution in [0.5, 0.6) is 0 Å². The van der Waals surface area contributed by atoms with E-state index in [0.717, 1.165) is 0 Å². The van der Waals surface area contributed by atoms with E-state index in [1.807, 2.05) is 0 Å². The Kier molecular flexibility index (Phi) is 2.12. The van der Waals surface area contributed by atoms with Crippen molar-refractivity contribution >= 4 is 9.52 Å². The van der Waals surface area contributed by atoms with Crippen LogP contribution in [0.25, 0.3) is 0 Å². The maximum absolute atomic E-state index is 1.61. The van der Waals surface area contributed by atoms with Crippen LogP contribution in [0, 0.1) is 0 Å². The molecule has 0 bridgehead atoms. The Morgan fingerprint density at radius 3 is 1.60 bits per heavy atom. The number of hydrogen-bond donors (Lipinski definition) is 0. The van der Waals surface area contributed by atoms with Gasteiger partial charge in [0.1, 0.15) is 0 Å².